The third kappa shape index (κ3) is 2.88. The Morgan fingerprint density at radius 1 is 1.15 bits per heavy atom. The first kappa shape index (κ1) is 23.3. The van der Waals surface area contributed by atoms with Crippen LogP contribution in [0.2, 0.25) is 0 Å². The highest BCUT2D eigenvalue weighted by Gasteiger charge is 2.72. The quantitative estimate of drug-likeness (QED) is 0.598. The fourth-order valence-corrected chi connectivity index (χ4v) is 8.15. The van der Waals surface area contributed by atoms with Gasteiger partial charge in [-0.1, -0.05) is 13.8 Å². The van der Waals surface area contributed by atoms with Crippen LogP contribution in [0, 0.1) is 28.1 Å². The lowest BCUT2D eigenvalue weighted by atomic mass is 9.40. The summed E-state index contributed by atoms with van der Waals surface area (Å²) >= 11 is 0. The molecule has 0 spiro atoms. The lowest BCUT2D eigenvalue weighted by molar-refractivity contribution is -0.167. The minimum absolute atomic E-state index is 0.0367. The van der Waals surface area contributed by atoms with Gasteiger partial charge in [-0.2, -0.15) is 0 Å². The van der Waals surface area contributed by atoms with Crippen molar-refractivity contribution < 1.29 is 33.0 Å². The Morgan fingerprint density at radius 3 is 2.53 bits per heavy atom. The Bertz CT molecular complexity index is 1070. The van der Waals surface area contributed by atoms with Crippen LogP contribution < -0.4 is 0 Å². The molecule has 0 bridgehead atoms. The molecule has 1 aromatic rings. The van der Waals surface area contributed by atoms with Crippen LogP contribution in [0.15, 0.2) is 34.7 Å². The van der Waals surface area contributed by atoms with Crippen LogP contribution in [-0.2, 0) is 28.6 Å². The van der Waals surface area contributed by atoms with Gasteiger partial charge < -0.3 is 18.6 Å². The molecule has 7 nitrogen and oxygen atoms in total. The number of carbonyl (C=O) groups is 3. The average molecular weight is 471 g/mol. The molecule has 7 heteroatoms. The van der Waals surface area contributed by atoms with Gasteiger partial charge in [-0.25, -0.2) is 4.79 Å². The predicted molar refractivity (Wildman–Crippen MR) is 121 cm³/mol. The lowest BCUT2D eigenvalue weighted by Crippen LogP contribution is -2.62. The van der Waals surface area contributed by atoms with Crippen LogP contribution in [-0.4, -0.2) is 36.5 Å². The SMILES string of the molecule is COC(=O)CC1OC(C)(C)C2CC(=O)C3(C)C4=CC(=O)OC(c5ccoc5)C4(C)CCC3C12C. The largest absolute Gasteiger partial charge is 0.472 e. The highest BCUT2D eigenvalue weighted by molar-refractivity contribution is 5.94. The standard InChI is InChI=1S/C27H34O7/c1-24(2)17-11-19(28)26(4)16(27(17,5)20(34-24)13-21(29)31-6)7-9-25(3)18(26)12-22(30)33-23(25)15-8-10-32-14-15/h8,10,12,14,16-17,20,23H,7,9,11,13H2,1-6H3. The first-order valence-corrected chi connectivity index (χ1v) is 12.1. The summed E-state index contributed by atoms with van der Waals surface area (Å²) in [5.41, 5.74) is -0.749. The van der Waals surface area contributed by atoms with E-state index in [-0.39, 0.29) is 36.1 Å². The van der Waals surface area contributed by atoms with Gasteiger partial charge in [0.1, 0.15) is 11.9 Å². The van der Waals surface area contributed by atoms with E-state index in [1.807, 2.05) is 26.8 Å². The maximum Gasteiger partial charge on any atom is 0.331 e. The van der Waals surface area contributed by atoms with Gasteiger partial charge in [0.15, 0.2) is 0 Å². The molecule has 7 atom stereocenters. The van der Waals surface area contributed by atoms with Crippen LogP contribution in [0.3, 0.4) is 0 Å². The van der Waals surface area contributed by atoms with Crippen LogP contribution in [0.4, 0.5) is 0 Å². The number of ketones is 1. The van der Waals surface area contributed by atoms with Gasteiger partial charge >= 0.3 is 11.9 Å². The van der Waals surface area contributed by atoms with Gasteiger partial charge in [0.2, 0.25) is 0 Å². The number of esters is 2. The highest BCUT2D eigenvalue weighted by atomic mass is 16.5. The number of rotatable bonds is 3. The Hall–Kier alpha value is -2.41. The summed E-state index contributed by atoms with van der Waals surface area (Å²) < 4.78 is 22.6. The fourth-order valence-electron chi connectivity index (χ4n) is 8.15. The maximum atomic E-state index is 14.0. The van der Waals surface area contributed by atoms with Crippen molar-refractivity contribution in [2.75, 3.05) is 7.11 Å². The number of fused-ring (bicyclic) bond motifs is 5. The van der Waals surface area contributed by atoms with Crippen molar-refractivity contribution in [1.29, 1.82) is 0 Å². The molecular weight excluding hydrogens is 436 g/mol. The van der Waals surface area contributed by atoms with Crippen molar-refractivity contribution in [1.82, 2.24) is 0 Å². The fraction of sp³-hybridized carbons (Fsp3) is 0.667. The molecular formula is C27H34O7. The van der Waals surface area contributed by atoms with Crippen LogP contribution in [0.1, 0.15) is 72.0 Å². The van der Waals surface area contributed by atoms with E-state index in [1.165, 1.54) is 7.11 Å². The summed E-state index contributed by atoms with van der Waals surface area (Å²) in [6.45, 7) is 10.3. The molecule has 3 fully saturated rings. The van der Waals surface area contributed by atoms with E-state index in [9.17, 15) is 14.4 Å². The molecule has 1 aromatic heterocycles. The van der Waals surface area contributed by atoms with Crippen LogP contribution in [0.25, 0.3) is 0 Å². The van der Waals surface area contributed by atoms with E-state index in [4.69, 9.17) is 18.6 Å². The van der Waals surface area contributed by atoms with Crippen LogP contribution in [0.5, 0.6) is 0 Å². The summed E-state index contributed by atoms with van der Waals surface area (Å²) in [7, 11) is 1.39. The van der Waals surface area contributed by atoms with Crippen molar-refractivity contribution in [2.24, 2.45) is 28.1 Å². The van der Waals surface area contributed by atoms with Gasteiger partial charge in [0, 0.05) is 34.8 Å². The van der Waals surface area contributed by atoms with Gasteiger partial charge in [-0.15, -0.1) is 0 Å². The zero-order valence-electron chi connectivity index (χ0n) is 20.8. The molecule has 3 heterocycles. The number of cyclic esters (lactones) is 1. The number of Topliss-reactive ketones (excluding diaryl/α,β-unsaturated/α-hetero) is 1. The molecule has 0 aromatic carbocycles. The monoisotopic (exact) mass is 470 g/mol. The van der Waals surface area contributed by atoms with E-state index < -0.39 is 33.9 Å². The van der Waals surface area contributed by atoms with Crippen molar-refractivity contribution in [3.63, 3.8) is 0 Å². The second-order valence-corrected chi connectivity index (χ2v) is 11.7. The van der Waals surface area contributed by atoms with Crippen molar-refractivity contribution >= 4 is 17.7 Å². The molecule has 0 N–H and O–H groups in total. The van der Waals surface area contributed by atoms with Crippen molar-refractivity contribution in [3.8, 4) is 0 Å². The number of methoxy groups -OCH3 is 1. The smallest absolute Gasteiger partial charge is 0.331 e. The van der Waals surface area contributed by atoms with E-state index in [1.54, 1.807) is 18.6 Å². The highest BCUT2D eigenvalue weighted by Crippen LogP contribution is 2.71. The Kier molecular flexibility index (Phi) is 5.01. The zero-order chi connectivity index (χ0) is 24.7. The zero-order valence-corrected chi connectivity index (χ0v) is 20.8. The number of hydrogen-bond donors (Lipinski definition) is 0. The predicted octanol–water partition coefficient (Wildman–Crippen LogP) is 4.56. The number of carbonyl (C=O) groups excluding carboxylic acids is 3. The molecule has 0 radical (unpaired) electrons. The summed E-state index contributed by atoms with van der Waals surface area (Å²) in [5, 5.41) is 0. The van der Waals surface area contributed by atoms with Crippen LogP contribution >= 0.6 is 0 Å². The summed E-state index contributed by atoms with van der Waals surface area (Å²) in [4.78, 5) is 39.2. The van der Waals surface area contributed by atoms with E-state index in [0.717, 1.165) is 24.0 Å². The number of furan rings is 1. The second kappa shape index (κ2) is 7.30. The third-order valence-corrected chi connectivity index (χ3v) is 9.77. The summed E-state index contributed by atoms with van der Waals surface area (Å²) in [6.07, 6.45) is 5.83. The topological polar surface area (TPSA) is 92.0 Å². The van der Waals surface area contributed by atoms with Gasteiger partial charge in [-0.05, 0) is 51.2 Å². The van der Waals surface area contributed by atoms with E-state index in [0.29, 0.717) is 6.42 Å². The van der Waals surface area contributed by atoms with Crippen molar-refractivity contribution in [2.45, 2.75) is 78.1 Å². The van der Waals surface area contributed by atoms with Gasteiger partial charge in [0.25, 0.3) is 0 Å². The summed E-state index contributed by atoms with van der Waals surface area (Å²) in [6, 6.07) is 1.82. The average Bonchev–Trinajstić information content (AvgIpc) is 3.36. The first-order valence-electron chi connectivity index (χ1n) is 12.1. The van der Waals surface area contributed by atoms with Gasteiger partial charge in [-0.3, -0.25) is 9.59 Å². The minimum atomic E-state index is -0.863. The molecule has 5 rings (SSSR count). The molecule has 0 amide bonds. The minimum Gasteiger partial charge on any atom is -0.472 e. The molecule has 2 aliphatic carbocycles. The third-order valence-electron chi connectivity index (χ3n) is 9.77. The summed E-state index contributed by atoms with van der Waals surface area (Å²) in [5.74, 6) is -0.742. The second-order valence-electron chi connectivity index (χ2n) is 11.7. The molecule has 2 saturated carbocycles. The molecule has 2 aliphatic heterocycles. The van der Waals surface area contributed by atoms with Crippen molar-refractivity contribution in [3.05, 3.63) is 35.8 Å². The first-order chi connectivity index (χ1) is 15.9. The molecule has 184 valence electrons. The number of ether oxygens (including phenoxy) is 3. The maximum absolute atomic E-state index is 14.0. The Labute approximate surface area is 200 Å². The lowest BCUT2D eigenvalue weighted by Gasteiger charge is -2.62. The van der Waals surface area contributed by atoms with E-state index >= 15 is 0 Å². The molecule has 7 unspecified atom stereocenters. The normalized spacial score (nSPS) is 42.7. The molecule has 1 saturated heterocycles. The Balaban J connectivity index is 1.64. The number of hydrogen-bond acceptors (Lipinski definition) is 7. The van der Waals surface area contributed by atoms with E-state index in [2.05, 4.69) is 13.8 Å². The molecule has 34 heavy (non-hydrogen) atoms. The van der Waals surface area contributed by atoms with Gasteiger partial charge in [0.05, 0.1) is 43.2 Å². The Morgan fingerprint density at radius 2 is 1.88 bits per heavy atom. The molecule has 4 aliphatic rings.